The molecule has 0 saturated heterocycles. The lowest BCUT2D eigenvalue weighted by atomic mass is 10.0. The molecule has 0 aliphatic rings. The Labute approximate surface area is 188 Å². The van der Waals surface area contributed by atoms with Gasteiger partial charge in [0.05, 0.1) is 17.4 Å². The largest absolute Gasteiger partial charge is 0.433 e. The molecule has 0 spiro atoms. The average molecular weight is 447 g/mol. The Balaban J connectivity index is 1.56. The summed E-state index contributed by atoms with van der Waals surface area (Å²) in [6.45, 7) is 2.08. The van der Waals surface area contributed by atoms with Crippen molar-refractivity contribution in [3.05, 3.63) is 95.8 Å². The maximum atomic E-state index is 13.8. The number of para-hydroxylation sites is 1. The van der Waals surface area contributed by atoms with Gasteiger partial charge in [-0.15, -0.1) is 5.10 Å². The summed E-state index contributed by atoms with van der Waals surface area (Å²) in [5.74, 6) is 0.267. The predicted molar refractivity (Wildman–Crippen MR) is 120 cm³/mol. The number of hydrogen-bond donors (Lipinski definition) is 0. The third kappa shape index (κ3) is 3.88. The third-order valence-corrected chi connectivity index (χ3v) is 5.70. The number of fused-ring (bicyclic) bond motifs is 1. The van der Waals surface area contributed by atoms with Crippen LogP contribution in [-0.2, 0) is 19.1 Å². The molecule has 0 N–H and O–H groups in total. The third-order valence-electron chi connectivity index (χ3n) is 5.70. The summed E-state index contributed by atoms with van der Waals surface area (Å²) in [5, 5.41) is 8.35. The molecule has 2 heterocycles. The summed E-state index contributed by atoms with van der Waals surface area (Å²) in [6.07, 6.45) is -2.86. The zero-order valence-electron chi connectivity index (χ0n) is 17.8. The average Bonchev–Trinajstić information content (AvgIpc) is 3.44. The second-order valence-electron chi connectivity index (χ2n) is 7.71. The van der Waals surface area contributed by atoms with E-state index < -0.39 is 11.9 Å². The molecule has 0 radical (unpaired) electrons. The van der Waals surface area contributed by atoms with Crippen molar-refractivity contribution in [1.82, 2.24) is 24.5 Å². The van der Waals surface area contributed by atoms with Gasteiger partial charge in [-0.1, -0.05) is 48.5 Å². The number of hydrogen-bond acceptors (Lipinski definition) is 3. The molecular formula is C25H20F3N5. The Morgan fingerprint density at radius 1 is 0.848 bits per heavy atom. The van der Waals surface area contributed by atoms with E-state index in [-0.39, 0.29) is 12.4 Å². The molecule has 3 aromatic carbocycles. The highest BCUT2D eigenvalue weighted by atomic mass is 19.4. The Bertz CT molecular complexity index is 1410. The van der Waals surface area contributed by atoms with Crippen LogP contribution in [0.3, 0.4) is 0 Å². The van der Waals surface area contributed by atoms with E-state index in [1.54, 1.807) is 16.8 Å². The van der Waals surface area contributed by atoms with Gasteiger partial charge in [-0.05, 0) is 53.9 Å². The first-order valence-corrected chi connectivity index (χ1v) is 10.6. The number of aryl methyl sites for hydroxylation is 1. The molecule has 0 aliphatic carbocycles. The van der Waals surface area contributed by atoms with Gasteiger partial charge >= 0.3 is 6.18 Å². The maximum absolute atomic E-state index is 13.8. The van der Waals surface area contributed by atoms with Crippen LogP contribution in [0, 0.1) is 0 Å². The number of aromatic nitrogens is 5. The first kappa shape index (κ1) is 20.9. The van der Waals surface area contributed by atoms with Crippen LogP contribution >= 0.6 is 0 Å². The SMILES string of the molecule is CCc1ccccc1Cn1c(C(F)(F)F)cnc1-c1ccc(-n2nnc3ccccc32)cc1. The van der Waals surface area contributed by atoms with E-state index in [1.807, 2.05) is 67.6 Å². The van der Waals surface area contributed by atoms with E-state index in [0.717, 1.165) is 40.5 Å². The Morgan fingerprint density at radius 2 is 1.55 bits per heavy atom. The number of rotatable bonds is 5. The van der Waals surface area contributed by atoms with Gasteiger partial charge in [0.25, 0.3) is 0 Å². The topological polar surface area (TPSA) is 48.5 Å². The molecule has 0 aliphatic heterocycles. The monoisotopic (exact) mass is 447 g/mol. The second-order valence-corrected chi connectivity index (χ2v) is 7.71. The lowest BCUT2D eigenvalue weighted by Crippen LogP contribution is -2.15. The van der Waals surface area contributed by atoms with Gasteiger partial charge in [0.15, 0.2) is 0 Å². The molecule has 0 saturated carbocycles. The van der Waals surface area contributed by atoms with E-state index in [2.05, 4.69) is 15.3 Å². The molecule has 0 amide bonds. The number of halogens is 3. The van der Waals surface area contributed by atoms with E-state index >= 15 is 0 Å². The van der Waals surface area contributed by atoms with Crippen LogP contribution in [0.15, 0.2) is 79.0 Å². The number of alkyl halides is 3. The molecule has 166 valence electrons. The summed E-state index contributed by atoms with van der Waals surface area (Å²) in [4.78, 5) is 4.16. The fraction of sp³-hybridized carbons (Fsp3) is 0.160. The minimum Gasteiger partial charge on any atom is -0.316 e. The molecule has 8 heteroatoms. The zero-order valence-corrected chi connectivity index (χ0v) is 17.8. The van der Waals surface area contributed by atoms with Crippen molar-refractivity contribution >= 4 is 11.0 Å². The maximum Gasteiger partial charge on any atom is 0.433 e. The molecule has 33 heavy (non-hydrogen) atoms. The smallest absolute Gasteiger partial charge is 0.316 e. The summed E-state index contributed by atoms with van der Waals surface area (Å²) >= 11 is 0. The summed E-state index contributed by atoms with van der Waals surface area (Å²) < 4.78 is 44.3. The Kier molecular flexibility index (Phi) is 5.20. The van der Waals surface area contributed by atoms with E-state index in [4.69, 9.17) is 0 Å². The van der Waals surface area contributed by atoms with Crippen molar-refractivity contribution in [3.8, 4) is 17.1 Å². The van der Waals surface area contributed by atoms with E-state index in [1.165, 1.54) is 4.57 Å². The van der Waals surface area contributed by atoms with Crippen molar-refractivity contribution in [1.29, 1.82) is 0 Å². The van der Waals surface area contributed by atoms with Crippen molar-refractivity contribution in [2.75, 3.05) is 0 Å². The van der Waals surface area contributed by atoms with E-state index in [0.29, 0.717) is 5.56 Å². The zero-order chi connectivity index (χ0) is 23.0. The van der Waals surface area contributed by atoms with Crippen molar-refractivity contribution in [2.24, 2.45) is 0 Å². The van der Waals surface area contributed by atoms with Crippen molar-refractivity contribution in [3.63, 3.8) is 0 Å². The predicted octanol–water partition coefficient (Wildman–Crippen LogP) is 5.91. The minimum absolute atomic E-state index is 0.0870. The summed E-state index contributed by atoms with van der Waals surface area (Å²) in [6, 6.07) is 22.3. The molecule has 5 aromatic rings. The fourth-order valence-electron chi connectivity index (χ4n) is 4.03. The lowest BCUT2D eigenvalue weighted by molar-refractivity contribution is -0.143. The van der Waals surface area contributed by atoms with Crippen LogP contribution in [0.1, 0.15) is 23.7 Å². The number of imidazole rings is 1. The van der Waals surface area contributed by atoms with Crippen LogP contribution < -0.4 is 0 Å². The molecule has 5 rings (SSSR count). The summed E-state index contributed by atoms with van der Waals surface area (Å²) in [5.41, 5.74) is 4.05. The van der Waals surface area contributed by atoms with Gasteiger partial charge in [0.2, 0.25) is 0 Å². The molecule has 0 fully saturated rings. The molecule has 2 aromatic heterocycles. The first-order chi connectivity index (χ1) is 16.0. The van der Waals surface area contributed by atoms with E-state index in [9.17, 15) is 13.2 Å². The van der Waals surface area contributed by atoms with Gasteiger partial charge in [-0.25, -0.2) is 9.67 Å². The molecule has 0 unspecified atom stereocenters. The lowest BCUT2D eigenvalue weighted by Gasteiger charge is -2.16. The van der Waals surface area contributed by atoms with Gasteiger partial charge < -0.3 is 4.57 Å². The highest BCUT2D eigenvalue weighted by Gasteiger charge is 2.36. The number of nitrogens with zero attached hydrogens (tertiary/aromatic N) is 5. The van der Waals surface area contributed by atoms with Crippen LogP contribution in [0.4, 0.5) is 13.2 Å². The Morgan fingerprint density at radius 3 is 2.27 bits per heavy atom. The Hall–Kier alpha value is -3.94. The van der Waals surface area contributed by atoms with Crippen molar-refractivity contribution < 1.29 is 13.2 Å². The highest BCUT2D eigenvalue weighted by molar-refractivity contribution is 5.76. The van der Waals surface area contributed by atoms with Crippen LogP contribution in [0.25, 0.3) is 28.1 Å². The fourth-order valence-corrected chi connectivity index (χ4v) is 4.03. The quantitative estimate of drug-likeness (QED) is 0.336. The highest BCUT2D eigenvalue weighted by Crippen LogP contribution is 2.34. The first-order valence-electron chi connectivity index (χ1n) is 10.6. The molecule has 0 bridgehead atoms. The van der Waals surface area contributed by atoms with Crippen molar-refractivity contribution in [2.45, 2.75) is 26.1 Å². The minimum atomic E-state index is -4.51. The van der Waals surface area contributed by atoms with Gasteiger partial charge in [-0.3, -0.25) is 0 Å². The molecule has 5 nitrogen and oxygen atoms in total. The van der Waals surface area contributed by atoms with Crippen LogP contribution in [0.2, 0.25) is 0 Å². The molecular weight excluding hydrogens is 427 g/mol. The van der Waals surface area contributed by atoms with Crippen LogP contribution in [-0.4, -0.2) is 24.5 Å². The van der Waals surface area contributed by atoms with Gasteiger partial charge in [0.1, 0.15) is 17.0 Å². The summed E-state index contributed by atoms with van der Waals surface area (Å²) in [7, 11) is 0. The second kappa shape index (κ2) is 8.20. The van der Waals surface area contributed by atoms with Crippen LogP contribution in [0.5, 0.6) is 0 Å². The van der Waals surface area contributed by atoms with Gasteiger partial charge in [-0.2, -0.15) is 13.2 Å². The van der Waals surface area contributed by atoms with Gasteiger partial charge in [0, 0.05) is 12.1 Å². The molecule has 0 atom stereocenters. The number of benzene rings is 3. The standard InChI is InChI=1S/C25H20F3N5/c1-2-17-7-3-4-8-19(17)16-32-23(25(26,27)28)15-29-24(32)18-11-13-20(14-12-18)33-22-10-6-5-9-21(22)30-31-33/h3-15H,2,16H2,1H3. The normalized spacial score (nSPS) is 11.9.